The van der Waals surface area contributed by atoms with Gasteiger partial charge in [-0.25, -0.2) is 4.79 Å². The Bertz CT molecular complexity index is 983. The summed E-state index contributed by atoms with van der Waals surface area (Å²) < 4.78 is 10.6. The molecule has 0 saturated carbocycles. The number of morpholine rings is 1. The van der Waals surface area contributed by atoms with Gasteiger partial charge in [0.2, 0.25) is 0 Å². The number of benzene rings is 2. The van der Waals surface area contributed by atoms with Crippen molar-refractivity contribution in [1.29, 1.82) is 0 Å². The van der Waals surface area contributed by atoms with Crippen LogP contribution in [0.15, 0.2) is 42.5 Å². The molecule has 2 aromatic rings. The highest BCUT2D eigenvalue weighted by Gasteiger charge is 2.24. The highest BCUT2D eigenvalue weighted by molar-refractivity contribution is 6.31. The molecule has 1 aliphatic rings. The van der Waals surface area contributed by atoms with E-state index in [1.54, 1.807) is 17.0 Å². The van der Waals surface area contributed by atoms with Gasteiger partial charge in [0.1, 0.15) is 0 Å². The average molecular weight is 448 g/mol. The molecule has 1 fully saturated rings. The molecule has 1 unspecified atom stereocenters. The van der Waals surface area contributed by atoms with E-state index in [1.807, 2.05) is 19.1 Å². The van der Waals surface area contributed by atoms with Gasteiger partial charge in [-0.3, -0.25) is 14.9 Å². The van der Waals surface area contributed by atoms with Crippen molar-refractivity contribution < 1.29 is 24.0 Å². The van der Waals surface area contributed by atoms with E-state index in [0.717, 1.165) is 11.6 Å². The fourth-order valence-electron chi connectivity index (χ4n) is 3.14. The van der Waals surface area contributed by atoms with E-state index in [0.29, 0.717) is 37.0 Å². The minimum Gasteiger partial charge on any atom is -0.452 e. The third-order valence-corrected chi connectivity index (χ3v) is 5.15. The van der Waals surface area contributed by atoms with Crippen LogP contribution in [0.4, 0.5) is 11.4 Å². The molecule has 1 amide bonds. The third kappa shape index (κ3) is 5.93. The summed E-state index contributed by atoms with van der Waals surface area (Å²) in [7, 11) is 0. The number of anilines is 1. The number of non-ortho nitro benzene ring substituents is 1. The lowest BCUT2D eigenvalue weighted by Crippen LogP contribution is -2.46. The Hall–Kier alpha value is -3.17. The molecule has 1 heterocycles. The second kappa shape index (κ2) is 10.2. The molecule has 1 aliphatic heterocycles. The summed E-state index contributed by atoms with van der Waals surface area (Å²) in [5.74, 6) is -1.18. The van der Waals surface area contributed by atoms with Gasteiger partial charge < -0.3 is 19.7 Å². The van der Waals surface area contributed by atoms with E-state index >= 15 is 0 Å². The zero-order valence-electron chi connectivity index (χ0n) is 16.9. The number of nitro groups is 1. The summed E-state index contributed by atoms with van der Waals surface area (Å²) in [5, 5.41) is 14.8. The summed E-state index contributed by atoms with van der Waals surface area (Å²) in [5.41, 5.74) is 0.828. The number of carbonyl (C=O) groups excluding carboxylic acids is 2. The first-order chi connectivity index (χ1) is 14.8. The summed E-state index contributed by atoms with van der Waals surface area (Å²) in [6.45, 7) is 2.94. The molecule has 0 radical (unpaired) electrons. The summed E-state index contributed by atoms with van der Waals surface area (Å²) in [4.78, 5) is 37.1. The van der Waals surface area contributed by atoms with Crippen molar-refractivity contribution in [1.82, 2.24) is 4.90 Å². The lowest BCUT2D eigenvalue weighted by atomic mass is 10.1. The molecule has 3 rings (SSSR count). The number of nitrogens with one attached hydrogen (secondary N) is 1. The van der Waals surface area contributed by atoms with Crippen LogP contribution in [0.2, 0.25) is 5.02 Å². The first-order valence-electron chi connectivity index (χ1n) is 9.67. The lowest BCUT2D eigenvalue weighted by molar-refractivity contribution is -0.384. The van der Waals surface area contributed by atoms with Gasteiger partial charge in [0.05, 0.1) is 23.2 Å². The maximum atomic E-state index is 12.7. The summed E-state index contributed by atoms with van der Waals surface area (Å²) in [6, 6.07) is 11.0. The van der Waals surface area contributed by atoms with Crippen LogP contribution in [0.25, 0.3) is 0 Å². The molecule has 9 nitrogen and oxygen atoms in total. The first-order valence-corrected chi connectivity index (χ1v) is 10.0. The summed E-state index contributed by atoms with van der Waals surface area (Å²) in [6.07, 6.45) is -0.0919. The molecule has 164 valence electrons. The zero-order valence-corrected chi connectivity index (χ0v) is 17.6. The highest BCUT2D eigenvalue weighted by atomic mass is 35.5. The largest absolute Gasteiger partial charge is 0.452 e. The SMILES string of the molecule is CC1CN(C(=O)COC(=O)c2cc([N+](=O)[O-])ccc2NCc2ccccc2Cl)CCO1. The Kier molecular flexibility index (Phi) is 7.43. The van der Waals surface area contributed by atoms with Gasteiger partial charge in [-0.05, 0) is 24.6 Å². The van der Waals surface area contributed by atoms with Gasteiger partial charge >= 0.3 is 5.97 Å². The van der Waals surface area contributed by atoms with Crippen LogP contribution in [-0.4, -0.2) is 54.1 Å². The number of esters is 1. The molecular weight excluding hydrogens is 426 g/mol. The van der Waals surface area contributed by atoms with Crippen LogP contribution in [0.1, 0.15) is 22.8 Å². The number of hydrogen-bond acceptors (Lipinski definition) is 7. The number of nitro benzene ring substituents is 1. The van der Waals surface area contributed by atoms with Crippen LogP contribution < -0.4 is 5.32 Å². The van der Waals surface area contributed by atoms with Crippen molar-refractivity contribution >= 4 is 34.9 Å². The molecule has 0 spiro atoms. The van der Waals surface area contributed by atoms with Gasteiger partial charge in [-0.15, -0.1) is 0 Å². The number of hydrogen-bond donors (Lipinski definition) is 1. The zero-order chi connectivity index (χ0) is 22.4. The number of rotatable bonds is 7. The normalized spacial score (nSPS) is 15.9. The van der Waals surface area contributed by atoms with Crippen molar-refractivity contribution in [3.8, 4) is 0 Å². The molecule has 10 heteroatoms. The fourth-order valence-corrected chi connectivity index (χ4v) is 3.34. The molecule has 31 heavy (non-hydrogen) atoms. The predicted molar refractivity (Wildman–Crippen MR) is 114 cm³/mol. The third-order valence-electron chi connectivity index (χ3n) is 4.78. The Balaban J connectivity index is 1.71. The molecular formula is C21H22ClN3O6. The quantitative estimate of drug-likeness (QED) is 0.394. The Morgan fingerprint density at radius 1 is 1.32 bits per heavy atom. The molecule has 0 aliphatic carbocycles. The monoisotopic (exact) mass is 447 g/mol. The van der Waals surface area contributed by atoms with Crippen molar-refractivity contribution in [3.05, 3.63) is 68.7 Å². The minimum absolute atomic E-state index is 0.0376. The van der Waals surface area contributed by atoms with E-state index in [9.17, 15) is 19.7 Å². The molecule has 2 aromatic carbocycles. The van der Waals surface area contributed by atoms with Crippen LogP contribution in [0.3, 0.4) is 0 Å². The average Bonchev–Trinajstić information content (AvgIpc) is 2.76. The number of amides is 1. The van der Waals surface area contributed by atoms with Gasteiger partial charge in [-0.2, -0.15) is 0 Å². The highest BCUT2D eigenvalue weighted by Crippen LogP contribution is 2.25. The lowest BCUT2D eigenvalue weighted by Gasteiger charge is -2.30. The molecule has 0 bridgehead atoms. The smallest absolute Gasteiger partial charge is 0.341 e. The van der Waals surface area contributed by atoms with Crippen molar-refractivity contribution in [3.63, 3.8) is 0 Å². The van der Waals surface area contributed by atoms with Gasteiger partial charge in [-0.1, -0.05) is 29.8 Å². The van der Waals surface area contributed by atoms with Gasteiger partial charge in [0.15, 0.2) is 6.61 Å². The number of nitrogens with zero attached hydrogens (tertiary/aromatic N) is 2. The van der Waals surface area contributed by atoms with E-state index in [4.69, 9.17) is 21.1 Å². The van der Waals surface area contributed by atoms with E-state index in [2.05, 4.69) is 5.32 Å². The van der Waals surface area contributed by atoms with Crippen LogP contribution >= 0.6 is 11.6 Å². The number of ether oxygens (including phenoxy) is 2. The van der Waals surface area contributed by atoms with Gasteiger partial charge in [0.25, 0.3) is 11.6 Å². The van der Waals surface area contributed by atoms with E-state index in [-0.39, 0.29) is 23.3 Å². The maximum absolute atomic E-state index is 12.7. The van der Waals surface area contributed by atoms with Crippen LogP contribution in [0.5, 0.6) is 0 Å². The van der Waals surface area contributed by atoms with Crippen LogP contribution in [-0.2, 0) is 20.8 Å². The number of carbonyl (C=O) groups is 2. The van der Waals surface area contributed by atoms with E-state index < -0.39 is 17.5 Å². The van der Waals surface area contributed by atoms with Crippen LogP contribution in [0, 0.1) is 10.1 Å². The Morgan fingerprint density at radius 3 is 2.81 bits per heavy atom. The maximum Gasteiger partial charge on any atom is 0.341 e. The molecule has 1 atom stereocenters. The topological polar surface area (TPSA) is 111 Å². The molecule has 0 aromatic heterocycles. The number of halogens is 1. The second-order valence-corrected chi connectivity index (χ2v) is 7.44. The summed E-state index contributed by atoms with van der Waals surface area (Å²) >= 11 is 6.16. The minimum atomic E-state index is -0.833. The molecule has 1 saturated heterocycles. The van der Waals surface area contributed by atoms with Crippen molar-refractivity contribution in [2.24, 2.45) is 0 Å². The standard InChI is InChI=1S/C21H22ClN3O6/c1-14-12-24(8-9-30-14)20(26)13-31-21(27)17-10-16(25(28)29)6-7-19(17)23-11-15-4-2-3-5-18(15)22/h2-7,10,14,23H,8-9,11-13H2,1H3. The fraction of sp³-hybridized carbons (Fsp3) is 0.333. The van der Waals surface area contributed by atoms with Crippen molar-refractivity contribution in [2.45, 2.75) is 19.6 Å². The first kappa shape index (κ1) is 22.5. The Morgan fingerprint density at radius 2 is 2.10 bits per heavy atom. The molecule has 1 N–H and O–H groups in total. The van der Waals surface area contributed by atoms with Gasteiger partial charge in [0, 0.05) is 42.5 Å². The van der Waals surface area contributed by atoms with E-state index in [1.165, 1.54) is 12.1 Å². The Labute approximate surface area is 184 Å². The van der Waals surface area contributed by atoms with Crippen molar-refractivity contribution in [2.75, 3.05) is 31.6 Å². The second-order valence-electron chi connectivity index (χ2n) is 7.03. The predicted octanol–water partition coefficient (Wildman–Crippen LogP) is 3.26.